The lowest BCUT2D eigenvalue weighted by molar-refractivity contribution is -0.137. The summed E-state index contributed by atoms with van der Waals surface area (Å²) in [5.41, 5.74) is 0.970. The fourth-order valence-electron chi connectivity index (χ4n) is 1.45. The van der Waals surface area contributed by atoms with E-state index in [1.54, 1.807) is 11.3 Å². The highest BCUT2D eigenvalue weighted by molar-refractivity contribution is 7.18. The van der Waals surface area contributed by atoms with Gasteiger partial charge in [-0.05, 0) is 24.6 Å². The fraction of sp³-hybridized carbons (Fsp3) is 0.333. The van der Waals surface area contributed by atoms with E-state index in [1.165, 1.54) is 0 Å². The molecule has 1 aromatic heterocycles. The Balaban J connectivity index is 2.11. The largest absolute Gasteiger partial charge is 0.493 e. The molecule has 0 spiro atoms. The lowest BCUT2D eigenvalue weighted by atomic mass is 10.3. The van der Waals surface area contributed by atoms with Gasteiger partial charge in [-0.25, -0.2) is 4.98 Å². The summed E-state index contributed by atoms with van der Waals surface area (Å²) in [5, 5.41) is 9.61. The zero-order valence-electron chi connectivity index (χ0n) is 9.47. The van der Waals surface area contributed by atoms with Crippen LogP contribution in [0.5, 0.6) is 5.75 Å². The summed E-state index contributed by atoms with van der Waals surface area (Å²) in [6, 6.07) is 5.64. The maximum absolute atomic E-state index is 10.4. The van der Waals surface area contributed by atoms with Crippen LogP contribution in [-0.4, -0.2) is 22.7 Å². The fourth-order valence-corrected chi connectivity index (χ4v) is 2.39. The zero-order valence-corrected chi connectivity index (χ0v) is 10.3. The lowest BCUT2D eigenvalue weighted by Gasteiger charge is -2.03. The number of rotatable bonds is 5. The van der Waals surface area contributed by atoms with Crippen molar-refractivity contribution in [2.24, 2.45) is 0 Å². The van der Waals surface area contributed by atoms with Crippen LogP contribution in [-0.2, 0) is 11.2 Å². The maximum Gasteiger partial charge on any atom is 0.306 e. The van der Waals surface area contributed by atoms with Crippen molar-refractivity contribution in [3.05, 3.63) is 23.2 Å². The number of aryl methyl sites for hydroxylation is 1. The predicted molar refractivity (Wildman–Crippen MR) is 66.7 cm³/mol. The van der Waals surface area contributed by atoms with Gasteiger partial charge in [0.2, 0.25) is 0 Å². The Bertz CT molecular complexity index is 536. The lowest BCUT2D eigenvalue weighted by Crippen LogP contribution is -2.04. The van der Waals surface area contributed by atoms with Gasteiger partial charge in [-0.1, -0.05) is 6.92 Å². The molecule has 0 unspecified atom stereocenters. The molecular weight excluding hydrogens is 238 g/mol. The summed E-state index contributed by atoms with van der Waals surface area (Å²) < 4.78 is 6.44. The molecule has 1 aromatic carbocycles. The molecule has 0 saturated carbocycles. The van der Waals surface area contributed by atoms with Crippen LogP contribution >= 0.6 is 11.3 Å². The van der Waals surface area contributed by atoms with E-state index in [0.29, 0.717) is 5.75 Å². The van der Waals surface area contributed by atoms with Gasteiger partial charge in [0.05, 0.1) is 28.3 Å². The van der Waals surface area contributed by atoms with E-state index >= 15 is 0 Å². The molecule has 90 valence electrons. The molecule has 4 nitrogen and oxygen atoms in total. The van der Waals surface area contributed by atoms with E-state index in [0.717, 1.165) is 21.6 Å². The second kappa shape index (κ2) is 5.14. The standard InChI is InChI=1S/C12H13NO3S/c1-2-11-13-9-4-3-8(7-10(9)17-11)16-6-5-12(14)15/h3-4,7H,2,5-6H2,1H3,(H,14,15). The van der Waals surface area contributed by atoms with Crippen molar-refractivity contribution < 1.29 is 14.6 Å². The number of carbonyl (C=O) groups is 1. The van der Waals surface area contributed by atoms with Gasteiger partial charge in [0, 0.05) is 0 Å². The molecule has 0 amide bonds. The molecule has 0 aliphatic carbocycles. The topological polar surface area (TPSA) is 59.4 Å². The summed E-state index contributed by atoms with van der Waals surface area (Å²) in [6.07, 6.45) is 0.940. The Morgan fingerprint density at radius 1 is 1.53 bits per heavy atom. The molecule has 0 aliphatic heterocycles. The number of carboxylic acid groups (broad SMARTS) is 1. The van der Waals surface area contributed by atoms with Crippen molar-refractivity contribution in [1.29, 1.82) is 0 Å². The number of nitrogens with zero attached hydrogens (tertiary/aromatic N) is 1. The van der Waals surface area contributed by atoms with Gasteiger partial charge >= 0.3 is 5.97 Å². The van der Waals surface area contributed by atoms with E-state index in [-0.39, 0.29) is 13.0 Å². The number of carboxylic acids is 1. The second-order valence-electron chi connectivity index (χ2n) is 3.58. The highest BCUT2D eigenvalue weighted by Crippen LogP contribution is 2.26. The summed E-state index contributed by atoms with van der Waals surface area (Å²) in [5.74, 6) is -0.151. The Morgan fingerprint density at radius 2 is 2.35 bits per heavy atom. The second-order valence-corrected chi connectivity index (χ2v) is 4.70. The molecule has 0 fully saturated rings. The molecule has 0 saturated heterocycles. The number of aliphatic carboxylic acids is 1. The average Bonchev–Trinajstić information content (AvgIpc) is 2.70. The van der Waals surface area contributed by atoms with Crippen molar-refractivity contribution in [3.8, 4) is 5.75 Å². The van der Waals surface area contributed by atoms with E-state index in [9.17, 15) is 4.79 Å². The highest BCUT2D eigenvalue weighted by atomic mass is 32.1. The summed E-state index contributed by atoms with van der Waals surface area (Å²) in [6.45, 7) is 2.27. The van der Waals surface area contributed by atoms with Crippen molar-refractivity contribution in [3.63, 3.8) is 0 Å². The normalized spacial score (nSPS) is 10.6. The van der Waals surface area contributed by atoms with Crippen molar-refractivity contribution in [1.82, 2.24) is 4.98 Å². The molecule has 2 rings (SSSR count). The van der Waals surface area contributed by atoms with Gasteiger partial charge in [0.15, 0.2) is 0 Å². The van der Waals surface area contributed by atoms with Crippen molar-refractivity contribution in [2.45, 2.75) is 19.8 Å². The summed E-state index contributed by atoms with van der Waals surface area (Å²) in [4.78, 5) is 14.8. The van der Waals surface area contributed by atoms with Crippen LogP contribution in [0.3, 0.4) is 0 Å². The molecule has 0 bridgehead atoms. The Hall–Kier alpha value is -1.62. The minimum absolute atomic E-state index is 0.0148. The average molecular weight is 251 g/mol. The first-order chi connectivity index (χ1) is 8.19. The van der Waals surface area contributed by atoms with E-state index in [1.807, 2.05) is 18.2 Å². The highest BCUT2D eigenvalue weighted by Gasteiger charge is 2.04. The van der Waals surface area contributed by atoms with E-state index < -0.39 is 5.97 Å². The van der Waals surface area contributed by atoms with Crippen LogP contribution in [0.25, 0.3) is 10.2 Å². The van der Waals surface area contributed by atoms with Crippen LogP contribution in [0.4, 0.5) is 0 Å². The number of thiazole rings is 1. The predicted octanol–water partition coefficient (Wildman–Crippen LogP) is 2.71. The molecule has 1 N–H and O–H groups in total. The molecule has 17 heavy (non-hydrogen) atoms. The molecular formula is C12H13NO3S. The van der Waals surface area contributed by atoms with E-state index in [2.05, 4.69) is 11.9 Å². The number of hydrogen-bond acceptors (Lipinski definition) is 4. The SMILES string of the molecule is CCc1nc2ccc(OCCC(=O)O)cc2s1. The van der Waals surface area contributed by atoms with Crippen LogP contribution in [0, 0.1) is 0 Å². The quantitative estimate of drug-likeness (QED) is 0.887. The van der Waals surface area contributed by atoms with E-state index in [4.69, 9.17) is 9.84 Å². The molecule has 2 aromatic rings. The summed E-state index contributed by atoms with van der Waals surface area (Å²) in [7, 11) is 0. The van der Waals surface area contributed by atoms with Gasteiger partial charge in [-0.3, -0.25) is 4.79 Å². The van der Waals surface area contributed by atoms with Gasteiger partial charge in [0.1, 0.15) is 5.75 Å². The molecule has 0 radical (unpaired) electrons. The molecule has 1 heterocycles. The Morgan fingerprint density at radius 3 is 3.06 bits per heavy atom. The first-order valence-electron chi connectivity index (χ1n) is 5.43. The maximum atomic E-state index is 10.4. The minimum Gasteiger partial charge on any atom is -0.493 e. The number of ether oxygens (including phenoxy) is 1. The third-order valence-electron chi connectivity index (χ3n) is 2.29. The van der Waals surface area contributed by atoms with Crippen LogP contribution in [0.2, 0.25) is 0 Å². The number of hydrogen-bond donors (Lipinski definition) is 1. The van der Waals surface area contributed by atoms with Gasteiger partial charge < -0.3 is 9.84 Å². The molecule has 0 atom stereocenters. The van der Waals surface area contributed by atoms with Gasteiger partial charge in [-0.2, -0.15) is 0 Å². The van der Waals surface area contributed by atoms with Gasteiger partial charge in [-0.15, -0.1) is 11.3 Å². The third-order valence-corrected chi connectivity index (χ3v) is 3.45. The third kappa shape index (κ3) is 2.94. The first-order valence-corrected chi connectivity index (χ1v) is 6.24. The number of benzene rings is 1. The molecule has 5 heteroatoms. The minimum atomic E-state index is -0.850. The zero-order chi connectivity index (χ0) is 12.3. The monoisotopic (exact) mass is 251 g/mol. The first kappa shape index (κ1) is 11.9. The Kier molecular flexibility index (Phi) is 3.58. The van der Waals surface area contributed by atoms with Crippen molar-refractivity contribution >= 4 is 27.5 Å². The molecule has 0 aliphatic rings. The smallest absolute Gasteiger partial charge is 0.306 e. The number of fused-ring (bicyclic) bond motifs is 1. The van der Waals surface area contributed by atoms with Crippen LogP contribution < -0.4 is 4.74 Å². The number of aromatic nitrogens is 1. The van der Waals surface area contributed by atoms with Crippen LogP contribution in [0.15, 0.2) is 18.2 Å². The van der Waals surface area contributed by atoms with Gasteiger partial charge in [0.25, 0.3) is 0 Å². The van der Waals surface area contributed by atoms with Crippen LogP contribution in [0.1, 0.15) is 18.4 Å². The summed E-state index contributed by atoms with van der Waals surface area (Å²) >= 11 is 1.64. The van der Waals surface area contributed by atoms with Crippen molar-refractivity contribution in [2.75, 3.05) is 6.61 Å². The Labute approximate surface area is 103 Å².